The molecule has 0 saturated heterocycles. The molecular formula is C23H23N5O3. The van der Waals surface area contributed by atoms with Crippen LogP contribution in [-0.2, 0) is 11.2 Å². The maximum absolute atomic E-state index is 11.7. The summed E-state index contributed by atoms with van der Waals surface area (Å²) in [6.45, 7) is 3.78. The van der Waals surface area contributed by atoms with Crippen LogP contribution in [0, 0.1) is 11.3 Å². The number of rotatable bonds is 6. The number of nitrogens with zero attached hydrogens (tertiary/aromatic N) is 3. The van der Waals surface area contributed by atoms with E-state index < -0.39 is 0 Å². The molecule has 8 nitrogen and oxygen atoms in total. The Hall–Kier alpha value is -3.70. The number of carbonyl (C=O) groups excluding carboxylic acids is 1. The number of benzene rings is 2. The summed E-state index contributed by atoms with van der Waals surface area (Å²) in [7, 11) is 0. The molecule has 0 spiro atoms. The van der Waals surface area contributed by atoms with Gasteiger partial charge in [0.05, 0.1) is 24.3 Å². The van der Waals surface area contributed by atoms with Gasteiger partial charge in [-0.15, -0.1) is 0 Å². The normalized spacial score (nSPS) is 14.9. The summed E-state index contributed by atoms with van der Waals surface area (Å²) in [5, 5.41) is 16.6. The van der Waals surface area contributed by atoms with Crippen molar-refractivity contribution in [1.29, 1.82) is 5.26 Å². The molecule has 8 heteroatoms. The van der Waals surface area contributed by atoms with E-state index in [1.807, 2.05) is 32.0 Å². The largest absolute Gasteiger partial charge is 0.490 e. The van der Waals surface area contributed by atoms with Crippen LogP contribution in [0.4, 0.5) is 0 Å². The summed E-state index contributed by atoms with van der Waals surface area (Å²) in [6.07, 6.45) is 1.56. The molecule has 0 radical (unpaired) electrons. The maximum Gasteiger partial charge on any atom is 0.258 e. The first kappa shape index (κ1) is 20.6. The van der Waals surface area contributed by atoms with Gasteiger partial charge in [-0.1, -0.05) is 23.4 Å². The predicted molar refractivity (Wildman–Crippen MR) is 114 cm³/mol. The van der Waals surface area contributed by atoms with Crippen LogP contribution in [0.15, 0.2) is 40.9 Å². The SMILES string of the molecule is CC(C)Oc1ccc(-c2nc(-c3cccc4c3CC[C@H]4NC(=O)CN)no2)cc1C#N. The number of hydrogen-bond donors (Lipinski definition) is 2. The van der Waals surface area contributed by atoms with Crippen molar-refractivity contribution in [2.45, 2.75) is 38.8 Å². The fourth-order valence-electron chi connectivity index (χ4n) is 3.82. The Balaban J connectivity index is 1.64. The van der Waals surface area contributed by atoms with Crippen molar-refractivity contribution in [1.82, 2.24) is 15.5 Å². The Morgan fingerprint density at radius 1 is 1.39 bits per heavy atom. The van der Waals surface area contributed by atoms with Crippen LogP contribution in [0.3, 0.4) is 0 Å². The molecule has 1 atom stereocenters. The molecule has 2 aromatic carbocycles. The standard InChI is InChI=1S/C23H23N5O3/c1-13(2)30-20-9-6-14(10-15(20)11-24)23-27-22(28-31-23)18-5-3-4-17-16(18)7-8-19(17)26-21(29)12-25/h3-6,9-10,13,19H,7-8,12,25H2,1-2H3,(H,26,29)/t19-/m1/s1. The Morgan fingerprint density at radius 2 is 2.23 bits per heavy atom. The lowest BCUT2D eigenvalue weighted by Gasteiger charge is -2.13. The van der Waals surface area contributed by atoms with Gasteiger partial charge in [-0.3, -0.25) is 4.79 Å². The van der Waals surface area contributed by atoms with E-state index in [4.69, 9.17) is 15.0 Å². The topological polar surface area (TPSA) is 127 Å². The van der Waals surface area contributed by atoms with Gasteiger partial charge in [-0.05, 0) is 56.0 Å². The molecule has 1 aliphatic rings. The minimum Gasteiger partial charge on any atom is -0.490 e. The van der Waals surface area contributed by atoms with Gasteiger partial charge in [0.2, 0.25) is 11.7 Å². The van der Waals surface area contributed by atoms with E-state index >= 15 is 0 Å². The van der Waals surface area contributed by atoms with Gasteiger partial charge in [0.1, 0.15) is 11.8 Å². The minimum absolute atomic E-state index is 0.0356. The molecule has 0 saturated carbocycles. The Morgan fingerprint density at radius 3 is 2.97 bits per heavy atom. The quantitative estimate of drug-likeness (QED) is 0.631. The van der Waals surface area contributed by atoms with Gasteiger partial charge in [0, 0.05) is 11.1 Å². The number of fused-ring (bicyclic) bond motifs is 1. The van der Waals surface area contributed by atoms with Gasteiger partial charge in [-0.2, -0.15) is 10.2 Å². The average molecular weight is 417 g/mol. The zero-order valence-corrected chi connectivity index (χ0v) is 17.4. The molecule has 0 fully saturated rings. The number of ether oxygens (including phenoxy) is 1. The van der Waals surface area contributed by atoms with Gasteiger partial charge >= 0.3 is 0 Å². The van der Waals surface area contributed by atoms with E-state index in [1.165, 1.54) is 0 Å². The number of carbonyl (C=O) groups is 1. The van der Waals surface area contributed by atoms with E-state index in [1.54, 1.807) is 18.2 Å². The summed E-state index contributed by atoms with van der Waals surface area (Å²) < 4.78 is 11.2. The predicted octanol–water partition coefficient (Wildman–Crippen LogP) is 3.12. The van der Waals surface area contributed by atoms with Crippen LogP contribution in [0.25, 0.3) is 22.8 Å². The third-order valence-electron chi connectivity index (χ3n) is 5.17. The van der Waals surface area contributed by atoms with Crippen LogP contribution < -0.4 is 15.8 Å². The van der Waals surface area contributed by atoms with Crippen molar-refractivity contribution in [3.63, 3.8) is 0 Å². The van der Waals surface area contributed by atoms with Crippen molar-refractivity contribution in [3.05, 3.63) is 53.1 Å². The average Bonchev–Trinajstić information content (AvgIpc) is 3.41. The van der Waals surface area contributed by atoms with Gasteiger partial charge in [-0.25, -0.2) is 0 Å². The van der Waals surface area contributed by atoms with E-state index in [2.05, 4.69) is 21.5 Å². The lowest BCUT2D eigenvalue weighted by Crippen LogP contribution is -2.32. The molecule has 3 aromatic rings. The molecule has 1 aromatic heterocycles. The van der Waals surface area contributed by atoms with Crippen LogP contribution >= 0.6 is 0 Å². The van der Waals surface area contributed by atoms with Crippen LogP contribution in [0.1, 0.15) is 43.0 Å². The molecule has 1 heterocycles. The fraction of sp³-hybridized carbons (Fsp3) is 0.304. The molecule has 0 bridgehead atoms. The molecule has 0 aliphatic heterocycles. The number of nitrogens with one attached hydrogen (secondary N) is 1. The number of nitrogens with two attached hydrogens (primary N) is 1. The number of amides is 1. The molecule has 1 aliphatic carbocycles. The van der Waals surface area contributed by atoms with E-state index in [9.17, 15) is 10.1 Å². The third-order valence-corrected chi connectivity index (χ3v) is 5.17. The second-order valence-corrected chi connectivity index (χ2v) is 7.65. The zero-order chi connectivity index (χ0) is 22.0. The number of hydrogen-bond acceptors (Lipinski definition) is 7. The minimum atomic E-state index is -0.178. The van der Waals surface area contributed by atoms with Crippen LogP contribution in [0.5, 0.6) is 5.75 Å². The van der Waals surface area contributed by atoms with E-state index in [-0.39, 0.29) is 24.6 Å². The molecule has 1 amide bonds. The summed E-state index contributed by atoms with van der Waals surface area (Å²) >= 11 is 0. The lowest BCUT2D eigenvalue weighted by molar-refractivity contribution is -0.120. The monoisotopic (exact) mass is 417 g/mol. The first-order chi connectivity index (χ1) is 15.0. The van der Waals surface area contributed by atoms with Crippen molar-refractivity contribution >= 4 is 5.91 Å². The summed E-state index contributed by atoms with van der Waals surface area (Å²) in [6, 6.07) is 13.2. The highest BCUT2D eigenvalue weighted by molar-refractivity contribution is 5.78. The van der Waals surface area contributed by atoms with Crippen molar-refractivity contribution in [3.8, 4) is 34.7 Å². The Labute approximate surface area is 180 Å². The number of nitriles is 1. The Kier molecular flexibility index (Phi) is 5.69. The van der Waals surface area contributed by atoms with Crippen molar-refractivity contribution in [2.75, 3.05) is 6.54 Å². The summed E-state index contributed by atoms with van der Waals surface area (Å²) in [4.78, 5) is 16.3. The molecule has 158 valence electrons. The van der Waals surface area contributed by atoms with E-state index in [0.29, 0.717) is 28.6 Å². The lowest BCUT2D eigenvalue weighted by atomic mass is 10.0. The third kappa shape index (κ3) is 4.13. The molecule has 3 N–H and O–H groups in total. The molecule has 4 rings (SSSR count). The molecular weight excluding hydrogens is 394 g/mol. The number of aromatic nitrogens is 2. The van der Waals surface area contributed by atoms with Gasteiger partial charge in [0.25, 0.3) is 5.89 Å². The van der Waals surface area contributed by atoms with E-state index in [0.717, 1.165) is 29.5 Å². The maximum atomic E-state index is 11.7. The van der Waals surface area contributed by atoms with Gasteiger partial charge in [0.15, 0.2) is 0 Å². The second-order valence-electron chi connectivity index (χ2n) is 7.65. The highest BCUT2D eigenvalue weighted by Crippen LogP contribution is 2.37. The van der Waals surface area contributed by atoms with Crippen molar-refractivity contribution in [2.24, 2.45) is 5.73 Å². The first-order valence-electron chi connectivity index (χ1n) is 10.2. The first-order valence-corrected chi connectivity index (χ1v) is 10.2. The molecule has 0 unspecified atom stereocenters. The van der Waals surface area contributed by atoms with Gasteiger partial charge < -0.3 is 20.3 Å². The summed E-state index contributed by atoms with van der Waals surface area (Å²) in [5.41, 5.74) is 9.50. The highest BCUT2D eigenvalue weighted by Gasteiger charge is 2.27. The highest BCUT2D eigenvalue weighted by atomic mass is 16.5. The van der Waals surface area contributed by atoms with Crippen molar-refractivity contribution < 1.29 is 14.1 Å². The smallest absolute Gasteiger partial charge is 0.258 e. The molecule has 31 heavy (non-hydrogen) atoms. The second kappa shape index (κ2) is 8.58. The van der Waals surface area contributed by atoms with Crippen LogP contribution in [-0.4, -0.2) is 28.7 Å². The van der Waals surface area contributed by atoms with Crippen LogP contribution in [0.2, 0.25) is 0 Å². The zero-order valence-electron chi connectivity index (χ0n) is 17.4. The Bertz CT molecular complexity index is 1160. The fourth-order valence-corrected chi connectivity index (χ4v) is 3.82. The summed E-state index contributed by atoms with van der Waals surface area (Å²) in [5.74, 6) is 1.14.